The lowest BCUT2D eigenvalue weighted by atomic mass is 10.2. The number of nitrogen functional groups attached to an aromatic ring is 1. The summed E-state index contributed by atoms with van der Waals surface area (Å²) < 4.78 is 0. The number of nitrogens with zero attached hydrogens (tertiary/aromatic N) is 1. The quantitative estimate of drug-likeness (QED) is 0.343. The van der Waals surface area contributed by atoms with Crippen LogP contribution >= 0.6 is 11.8 Å². The Hall–Kier alpha value is -1.27. The zero-order valence-corrected chi connectivity index (χ0v) is 9.57. The van der Waals surface area contributed by atoms with Gasteiger partial charge in [0.1, 0.15) is 5.69 Å². The van der Waals surface area contributed by atoms with Crippen molar-refractivity contribution in [3.05, 3.63) is 33.9 Å². The van der Waals surface area contributed by atoms with Crippen molar-refractivity contribution in [1.29, 1.82) is 0 Å². The number of anilines is 1. The van der Waals surface area contributed by atoms with Crippen molar-refractivity contribution < 1.29 is 10.0 Å². The van der Waals surface area contributed by atoms with Crippen molar-refractivity contribution in [1.82, 2.24) is 0 Å². The normalized spacial score (nSPS) is 10.3. The molecule has 5 nitrogen and oxygen atoms in total. The van der Waals surface area contributed by atoms with Gasteiger partial charge >= 0.3 is 0 Å². The highest BCUT2D eigenvalue weighted by molar-refractivity contribution is 7.98. The van der Waals surface area contributed by atoms with Crippen LogP contribution in [0.2, 0.25) is 0 Å². The smallest absolute Gasteiger partial charge is 0.292 e. The van der Waals surface area contributed by atoms with Crippen LogP contribution in [-0.2, 0) is 5.75 Å². The zero-order chi connectivity index (χ0) is 12.0. The van der Waals surface area contributed by atoms with Crippen LogP contribution in [0.1, 0.15) is 12.0 Å². The van der Waals surface area contributed by atoms with E-state index in [4.69, 9.17) is 10.8 Å². The van der Waals surface area contributed by atoms with Gasteiger partial charge in [0.2, 0.25) is 0 Å². The Bertz CT molecular complexity index is 371. The predicted octanol–water partition coefficient (Wildman–Crippen LogP) is 1.79. The first kappa shape index (κ1) is 12.8. The van der Waals surface area contributed by atoms with Gasteiger partial charge in [0.25, 0.3) is 5.69 Å². The minimum absolute atomic E-state index is 0.0414. The van der Waals surface area contributed by atoms with E-state index in [-0.39, 0.29) is 18.0 Å². The van der Waals surface area contributed by atoms with Gasteiger partial charge in [-0.05, 0) is 23.8 Å². The maximum absolute atomic E-state index is 10.6. The van der Waals surface area contributed by atoms with Gasteiger partial charge in [-0.2, -0.15) is 11.8 Å². The Kier molecular flexibility index (Phi) is 5.07. The lowest BCUT2D eigenvalue weighted by Gasteiger charge is -2.02. The van der Waals surface area contributed by atoms with E-state index in [2.05, 4.69) is 0 Å². The molecule has 0 radical (unpaired) electrons. The first-order valence-electron chi connectivity index (χ1n) is 4.86. The molecule has 0 aliphatic heterocycles. The second-order valence-corrected chi connectivity index (χ2v) is 4.39. The number of rotatable bonds is 6. The predicted molar refractivity (Wildman–Crippen MR) is 65.4 cm³/mol. The molecular formula is C10H14N2O3S. The van der Waals surface area contributed by atoms with E-state index in [1.54, 1.807) is 23.9 Å². The number of benzene rings is 1. The number of hydrogen-bond donors (Lipinski definition) is 2. The first-order chi connectivity index (χ1) is 7.65. The molecule has 0 aromatic heterocycles. The van der Waals surface area contributed by atoms with Crippen LogP contribution in [-0.4, -0.2) is 22.4 Å². The molecule has 0 saturated heterocycles. The zero-order valence-electron chi connectivity index (χ0n) is 8.76. The van der Waals surface area contributed by atoms with E-state index in [9.17, 15) is 10.1 Å². The Morgan fingerprint density at radius 1 is 1.50 bits per heavy atom. The SMILES string of the molecule is Nc1ccc(CSCCCO)cc1[N+](=O)[O-]. The van der Waals surface area contributed by atoms with Crippen LogP contribution in [0.15, 0.2) is 18.2 Å². The van der Waals surface area contributed by atoms with Gasteiger partial charge in [-0.25, -0.2) is 0 Å². The molecule has 0 heterocycles. The number of nitro groups is 1. The molecule has 0 spiro atoms. The van der Waals surface area contributed by atoms with Crippen LogP contribution in [0.25, 0.3) is 0 Å². The summed E-state index contributed by atoms with van der Waals surface area (Å²) in [5.74, 6) is 1.54. The number of thioether (sulfide) groups is 1. The lowest BCUT2D eigenvalue weighted by molar-refractivity contribution is -0.383. The first-order valence-corrected chi connectivity index (χ1v) is 6.02. The molecule has 0 aliphatic rings. The standard InChI is InChI=1S/C10H14N2O3S/c11-9-3-2-8(6-10(9)12(14)15)7-16-5-1-4-13/h2-3,6,13H,1,4-5,7,11H2. The highest BCUT2D eigenvalue weighted by atomic mass is 32.2. The number of aliphatic hydroxyl groups excluding tert-OH is 1. The molecule has 1 rings (SSSR count). The fourth-order valence-corrected chi connectivity index (χ4v) is 2.09. The summed E-state index contributed by atoms with van der Waals surface area (Å²) >= 11 is 1.63. The number of nitro benzene ring substituents is 1. The van der Waals surface area contributed by atoms with E-state index in [1.165, 1.54) is 6.07 Å². The van der Waals surface area contributed by atoms with Crippen molar-refractivity contribution in [2.45, 2.75) is 12.2 Å². The van der Waals surface area contributed by atoms with Crippen LogP contribution < -0.4 is 5.73 Å². The molecule has 3 N–H and O–H groups in total. The Labute approximate surface area is 97.8 Å². The van der Waals surface area contributed by atoms with Crippen molar-refractivity contribution in [2.75, 3.05) is 18.1 Å². The number of aliphatic hydroxyl groups is 1. The minimum Gasteiger partial charge on any atom is -0.396 e. The molecule has 0 aliphatic carbocycles. The Balaban J connectivity index is 2.61. The molecule has 6 heteroatoms. The van der Waals surface area contributed by atoms with Crippen LogP contribution in [0.4, 0.5) is 11.4 Å². The summed E-state index contributed by atoms with van der Waals surface area (Å²) in [6.45, 7) is 0.175. The molecule has 0 amide bonds. The van der Waals surface area contributed by atoms with Crippen LogP contribution in [0.5, 0.6) is 0 Å². The second-order valence-electron chi connectivity index (χ2n) is 3.28. The number of nitrogens with two attached hydrogens (primary N) is 1. The third-order valence-corrected chi connectivity index (χ3v) is 3.12. The second kappa shape index (κ2) is 6.34. The highest BCUT2D eigenvalue weighted by Crippen LogP contribution is 2.24. The van der Waals surface area contributed by atoms with Gasteiger partial charge < -0.3 is 10.8 Å². The summed E-state index contributed by atoms with van der Waals surface area (Å²) in [6.07, 6.45) is 0.738. The minimum atomic E-state index is -0.475. The topological polar surface area (TPSA) is 89.4 Å². The van der Waals surface area contributed by atoms with E-state index < -0.39 is 4.92 Å². The summed E-state index contributed by atoms with van der Waals surface area (Å²) in [5, 5.41) is 19.2. The van der Waals surface area contributed by atoms with Gasteiger partial charge in [0.05, 0.1) is 4.92 Å². The van der Waals surface area contributed by atoms with E-state index >= 15 is 0 Å². The van der Waals surface area contributed by atoms with Crippen LogP contribution in [0, 0.1) is 10.1 Å². The Morgan fingerprint density at radius 2 is 2.25 bits per heavy atom. The van der Waals surface area contributed by atoms with Gasteiger partial charge in [0, 0.05) is 18.4 Å². The average Bonchev–Trinajstić information content (AvgIpc) is 2.26. The lowest BCUT2D eigenvalue weighted by Crippen LogP contribution is -1.96. The molecule has 88 valence electrons. The molecule has 0 bridgehead atoms. The van der Waals surface area contributed by atoms with Gasteiger partial charge in [0.15, 0.2) is 0 Å². The van der Waals surface area contributed by atoms with Crippen molar-refractivity contribution in [3.63, 3.8) is 0 Å². The highest BCUT2D eigenvalue weighted by Gasteiger charge is 2.11. The molecule has 0 atom stereocenters. The molecule has 0 unspecified atom stereocenters. The largest absolute Gasteiger partial charge is 0.396 e. The summed E-state index contributed by atoms with van der Waals surface area (Å²) in [4.78, 5) is 10.2. The molecule has 0 saturated carbocycles. The molecule has 1 aromatic rings. The van der Waals surface area contributed by atoms with Crippen molar-refractivity contribution in [3.8, 4) is 0 Å². The summed E-state index contributed by atoms with van der Waals surface area (Å²) in [6, 6.07) is 4.84. The maximum atomic E-state index is 10.6. The van der Waals surface area contributed by atoms with E-state index in [1.807, 2.05) is 0 Å². The monoisotopic (exact) mass is 242 g/mol. The van der Waals surface area contributed by atoms with E-state index in [0.29, 0.717) is 5.75 Å². The van der Waals surface area contributed by atoms with E-state index in [0.717, 1.165) is 17.7 Å². The van der Waals surface area contributed by atoms with Gasteiger partial charge in [-0.1, -0.05) is 6.07 Å². The molecule has 16 heavy (non-hydrogen) atoms. The fraction of sp³-hybridized carbons (Fsp3) is 0.400. The van der Waals surface area contributed by atoms with Crippen LogP contribution in [0.3, 0.4) is 0 Å². The van der Waals surface area contributed by atoms with Gasteiger partial charge in [-0.3, -0.25) is 10.1 Å². The summed E-state index contributed by atoms with van der Waals surface area (Å²) in [5.41, 5.74) is 6.51. The maximum Gasteiger partial charge on any atom is 0.292 e. The summed E-state index contributed by atoms with van der Waals surface area (Å²) in [7, 11) is 0. The Morgan fingerprint density at radius 3 is 2.88 bits per heavy atom. The molecule has 1 aromatic carbocycles. The third-order valence-electron chi connectivity index (χ3n) is 2.01. The van der Waals surface area contributed by atoms with Crippen molar-refractivity contribution in [2.24, 2.45) is 0 Å². The number of hydrogen-bond acceptors (Lipinski definition) is 5. The van der Waals surface area contributed by atoms with Crippen molar-refractivity contribution >= 4 is 23.1 Å². The molecule has 0 fully saturated rings. The third kappa shape index (κ3) is 3.71. The molecular weight excluding hydrogens is 228 g/mol. The average molecular weight is 242 g/mol. The van der Waals surface area contributed by atoms with Gasteiger partial charge in [-0.15, -0.1) is 0 Å². The fourth-order valence-electron chi connectivity index (χ4n) is 1.19.